The van der Waals surface area contributed by atoms with Crippen molar-refractivity contribution in [2.24, 2.45) is 0 Å². The summed E-state index contributed by atoms with van der Waals surface area (Å²) in [4.78, 5) is 11.2. The summed E-state index contributed by atoms with van der Waals surface area (Å²) in [7, 11) is 1.34. The van der Waals surface area contributed by atoms with Crippen molar-refractivity contribution in [2.75, 3.05) is 7.11 Å². The molecule has 0 aliphatic rings. The van der Waals surface area contributed by atoms with Crippen molar-refractivity contribution in [3.05, 3.63) is 29.6 Å². The number of ketones is 1. The quantitative estimate of drug-likeness (QED) is 0.617. The second-order valence-electron chi connectivity index (χ2n) is 2.80. The standard InChI is InChI=1S/C10H10BrFO2/c1-6(11)9(13)7-4-3-5-8(12)10(7)14-2/h3-6H,1-2H3. The Hall–Kier alpha value is -0.900. The van der Waals surface area contributed by atoms with Crippen molar-refractivity contribution >= 4 is 21.7 Å². The molecule has 0 saturated heterocycles. The van der Waals surface area contributed by atoms with E-state index in [0.29, 0.717) is 0 Å². The topological polar surface area (TPSA) is 26.3 Å². The van der Waals surface area contributed by atoms with Gasteiger partial charge in [0, 0.05) is 0 Å². The Morgan fingerprint density at radius 2 is 2.21 bits per heavy atom. The third-order valence-electron chi connectivity index (χ3n) is 1.80. The van der Waals surface area contributed by atoms with Gasteiger partial charge in [-0.3, -0.25) is 4.79 Å². The summed E-state index contributed by atoms with van der Waals surface area (Å²) in [5, 5.41) is 0. The molecule has 0 fully saturated rings. The monoisotopic (exact) mass is 260 g/mol. The molecule has 0 aliphatic carbocycles. The fourth-order valence-electron chi connectivity index (χ4n) is 1.12. The van der Waals surface area contributed by atoms with E-state index in [-0.39, 0.29) is 21.9 Å². The van der Waals surface area contributed by atoms with Crippen molar-refractivity contribution < 1.29 is 13.9 Å². The number of benzene rings is 1. The third-order valence-corrected chi connectivity index (χ3v) is 2.21. The van der Waals surface area contributed by atoms with Crippen LogP contribution in [0.25, 0.3) is 0 Å². The number of halogens is 2. The van der Waals surface area contributed by atoms with Gasteiger partial charge in [-0.1, -0.05) is 22.0 Å². The maximum Gasteiger partial charge on any atom is 0.180 e. The number of carbonyl (C=O) groups is 1. The third kappa shape index (κ3) is 2.12. The van der Waals surface area contributed by atoms with E-state index in [2.05, 4.69) is 15.9 Å². The molecule has 0 radical (unpaired) electrons. The number of hydrogen-bond acceptors (Lipinski definition) is 2. The molecular weight excluding hydrogens is 251 g/mol. The molecule has 1 aromatic rings. The highest BCUT2D eigenvalue weighted by Gasteiger charge is 2.18. The molecule has 1 rings (SSSR count). The average Bonchev–Trinajstić information content (AvgIpc) is 2.16. The van der Waals surface area contributed by atoms with Gasteiger partial charge in [0.1, 0.15) is 0 Å². The number of para-hydroxylation sites is 1. The number of hydrogen-bond donors (Lipinski definition) is 0. The largest absolute Gasteiger partial charge is 0.493 e. The molecule has 14 heavy (non-hydrogen) atoms. The number of alkyl halides is 1. The molecule has 1 atom stereocenters. The van der Waals surface area contributed by atoms with Gasteiger partial charge < -0.3 is 4.74 Å². The zero-order valence-corrected chi connectivity index (χ0v) is 9.47. The van der Waals surface area contributed by atoms with Crippen LogP contribution in [0.5, 0.6) is 5.75 Å². The minimum absolute atomic E-state index is 0.00352. The molecule has 4 heteroatoms. The highest BCUT2D eigenvalue weighted by molar-refractivity contribution is 9.10. The van der Waals surface area contributed by atoms with E-state index in [1.807, 2.05) is 0 Å². The summed E-state index contributed by atoms with van der Waals surface area (Å²) in [5.74, 6) is -0.711. The highest BCUT2D eigenvalue weighted by atomic mass is 79.9. The fourth-order valence-corrected chi connectivity index (χ4v) is 1.37. The van der Waals surface area contributed by atoms with E-state index < -0.39 is 5.82 Å². The zero-order valence-electron chi connectivity index (χ0n) is 7.88. The van der Waals surface area contributed by atoms with Gasteiger partial charge in [-0.25, -0.2) is 4.39 Å². The lowest BCUT2D eigenvalue weighted by Gasteiger charge is -2.09. The molecule has 0 amide bonds. The van der Waals surface area contributed by atoms with Gasteiger partial charge in [-0.05, 0) is 19.1 Å². The van der Waals surface area contributed by atoms with Crippen molar-refractivity contribution in [3.63, 3.8) is 0 Å². The van der Waals surface area contributed by atoms with Crippen LogP contribution in [0.4, 0.5) is 4.39 Å². The normalized spacial score (nSPS) is 12.3. The molecule has 1 unspecified atom stereocenters. The van der Waals surface area contributed by atoms with Crippen LogP contribution in [0.15, 0.2) is 18.2 Å². The maximum atomic E-state index is 13.2. The summed E-state index contributed by atoms with van der Waals surface area (Å²) in [6, 6.07) is 4.29. The first-order chi connectivity index (χ1) is 6.57. The van der Waals surface area contributed by atoms with E-state index >= 15 is 0 Å². The molecule has 0 saturated carbocycles. The lowest BCUT2D eigenvalue weighted by Crippen LogP contribution is -2.12. The Morgan fingerprint density at radius 1 is 1.57 bits per heavy atom. The van der Waals surface area contributed by atoms with Crippen molar-refractivity contribution in [3.8, 4) is 5.75 Å². The first kappa shape index (κ1) is 11.2. The zero-order chi connectivity index (χ0) is 10.7. The van der Waals surface area contributed by atoms with E-state index in [4.69, 9.17) is 4.74 Å². The SMILES string of the molecule is COc1c(F)cccc1C(=O)C(C)Br. The van der Waals surface area contributed by atoms with Gasteiger partial charge in [-0.15, -0.1) is 0 Å². The molecule has 0 N–H and O–H groups in total. The highest BCUT2D eigenvalue weighted by Crippen LogP contribution is 2.24. The second-order valence-corrected chi connectivity index (χ2v) is 4.17. The molecule has 76 valence electrons. The van der Waals surface area contributed by atoms with Gasteiger partial charge >= 0.3 is 0 Å². The Labute approximate surface area is 90.2 Å². The summed E-state index contributed by atoms with van der Waals surface area (Å²) in [6.07, 6.45) is 0. The number of Topliss-reactive ketones (excluding diaryl/α,β-unsaturated/α-hetero) is 1. The first-order valence-electron chi connectivity index (χ1n) is 4.08. The first-order valence-corrected chi connectivity index (χ1v) is 5.00. The molecule has 0 aliphatic heterocycles. The predicted molar refractivity (Wildman–Crippen MR) is 55.7 cm³/mol. The van der Waals surface area contributed by atoms with Gasteiger partial charge in [0.05, 0.1) is 17.5 Å². The molecular formula is C10H10BrFO2. The van der Waals surface area contributed by atoms with Crippen LogP contribution in [0.1, 0.15) is 17.3 Å². The number of ether oxygens (including phenoxy) is 1. The molecule has 0 aromatic heterocycles. The Balaban J connectivity index is 3.20. The Morgan fingerprint density at radius 3 is 2.71 bits per heavy atom. The van der Waals surface area contributed by atoms with Gasteiger partial charge in [0.2, 0.25) is 0 Å². The molecule has 1 aromatic carbocycles. The van der Waals surface area contributed by atoms with E-state index in [1.54, 1.807) is 13.0 Å². The fraction of sp³-hybridized carbons (Fsp3) is 0.300. The Kier molecular flexibility index (Phi) is 3.63. The predicted octanol–water partition coefficient (Wildman–Crippen LogP) is 2.80. The van der Waals surface area contributed by atoms with Crippen molar-refractivity contribution in [1.29, 1.82) is 0 Å². The van der Waals surface area contributed by atoms with Crippen LogP contribution in [-0.4, -0.2) is 17.7 Å². The van der Waals surface area contributed by atoms with Gasteiger partial charge in [0.15, 0.2) is 17.3 Å². The number of carbonyl (C=O) groups excluding carboxylic acids is 1. The summed E-state index contributed by atoms with van der Waals surface area (Å²) in [5.41, 5.74) is 0.261. The van der Waals surface area contributed by atoms with Crippen LogP contribution in [0.3, 0.4) is 0 Å². The lowest BCUT2D eigenvalue weighted by molar-refractivity contribution is 0.0992. The summed E-state index contributed by atoms with van der Waals surface area (Å²) < 4.78 is 18.0. The number of rotatable bonds is 3. The number of methoxy groups -OCH3 is 1. The van der Waals surface area contributed by atoms with E-state index in [9.17, 15) is 9.18 Å². The summed E-state index contributed by atoms with van der Waals surface area (Å²) in [6.45, 7) is 1.69. The smallest absolute Gasteiger partial charge is 0.180 e. The van der Waals surface area contributed by atoms with Crippen LogP contribution in [0.2, 0.25) is 0 Å². The van der Waals surface area contributed by atoms with Crippen LogP contribution in [-0.2, 0) is 0 Å². The molecule has 2 nitrogen and oxygen atoms in total. The molecule has 0 heterocycles. The summed E-state index contributed by atoms with van der Waals surface area (Å²) >= 11 is 3.14. The minimum Gasteiger partial charge on any atom is -0.493 e. The van der Waals surface area contributed by atoms with Gasteiger partial charge in [0.25, 0.3) is 0 Å². The van der Waals surface area contributed by atoms with Crippen LogP contribution >= 0.6 is 15.9 Å². The van der Waals surface area contributed by atoms with Crippen LogP contribution < -0.4 is 4.74 Å². The van der Waals surface area contributed by atoms with Crippen LogP contribution in [0, 0.1) is 5.82 Å². The Bertz CT molecular complexity index is 350. The average molecular weight is 261 g/mol. The van der Waals surface area contributed by atoms with Crippen molar-refractivity contribution in [2.45, 2.75) is 11.8 Å². The van der Waals surface area contributed by atoms with E-state index in [1.165, 1.54) is 19.2 Å². The second kappa shape index (κ2) is 4.55. The molecule has 0 spiro atoms. The maximum absolute atomic E-state index is 13.2. The lowest BCUT2D eigenvalue weighted by atomic mass is 10.1. The van der Waals surface area contributed by atoms with Gasteiger partial charge in [-0.2, -0.15) is 0 Å². The van der Waals surface area contributed by atoms with E-state index in [0.717, 1.165) is 0 Å². The minimum atomic E-state index is -0.522. The molecule has 0 bridgehead atoms. The van der Waals surface area contributed by atoms with Crippen molar-refractivity contribution in [1.82, 2.24) is 0 Å².